The van der Waals surface area contributed by atoms with Crippen molar-refractivity contribution < 1.29 is 8.42 Å². The number of rotatable bonds is 5. The Labute approximate surface area is 195 Å². The van der Waals surface area contributed by atoms with Gasteiger partial charge in [0.15, 0.2) is 11.2 Å². The summed E-state index contributed by atoms with van der Waals surface area (Å²) < 4.78 is 29.3. The third-order valence-electron chi connectivity index (χ3n) is 5.79. The normalized spacial score (nSPS) is 17.4. The van der Waals surface area contributed by atoms with Crippen molar-refractivity contribution in [1.82, 2.24) is 29.3 Å². The molecule has 2 aromatic heterocycles. The molecule has 1 fully saturated rings. The third-order valence-corrected chi connectivity index (χ3v) is 7.92. The molecule has 4 aromatic rings. The summed E-state index contributed by atoms with van der Waals surface area (Å²) in [6.07, 6.45) is 1.36. The Balaban J connectivity index is 1.45. The highest BCUT2D eigenvalue weighted by atomic mass is 35.5. The molecule has 2 aromatic carbocycles. The number of nitrogens with zero attached hydrogens (tertiary/aromatic N) is 5. The molecule has 9 nitrogen and oxygen atoms in total. The van der Waals surface area contributed by atoms with E-state index in [4.69, 9.17) is 11.6 Å². The summed E-state index contributed by atoms with van der Waals surface area (Å²) in [7, 11) is -3.69. The molecule has 11 heteroatoms. The van der Waals surface area contributed by atoms with Gasteiger partial charge in [0, 0.05) is 24.0 Å². The molecule has 1 aliphatic rings. The fraction of sp³-hybridized carbons (Fsp3) is 0.273. The van der Waals surface area contributed by atoms with Crippen LogP contribution in [0.5, 0.6) is 0 Å². The molecule has 0 spiro atoms. The van der Waals surface area contributed by atoms with Gasteiger partial charge in [-0.05, 0) is 42.7 Å². The zero-order chi connectivity index (χ0) is 23.0. The van der Waals surface area contributed by atoms with Gasteiger partial charge in [-0.25, -0.2) is 18.1 Å². The van der Waals surface area contributed by atoms with E-state index in [2.05, 4.69) is 20.3 Å². The maximum Gasteiger partial charge on any atom is 0.281 e. The van der Waals surface area contributed by atoms with Crippen molar-refractivity contribution in [3.8, 4) is 0 Å². The molecule has 170 valence electrons. The summed E-state index contributed by atoms with van der Waals surface area (Å²) in [4.78, 5) is 20.3. The van der Waals surface area contributed by atoms with Crippen LogP contribution in [-0.2, 0) is 16.6 Å². The second kappa shape index (κ2) is 8.69. The Kier molecular flexibility index (Phi) is 5.73. The summed E-state index contributed by atoms with van der Waals surface area (Å²) in [5.74, 6) is 0.193. The molecule has 0 aliphatic carbocycles. The molecule has 1 aliphatic heterocycles. The van der Waals surface area contributed by atoms with E-state index in [1.807, 2.05) is 30.3 Å². The number of hydrogen-bond donors (Lipinski definition) is 1. The molecular weight excluding hydrogens is 464 g/mol. The predicted octanol–water partition coefficient (Wildman–Crippen LogP) is 2.78. The first kappa shape index (κ1) is 21.7. The SMILES string of the molecule is O=c1[nH]c([C@H]2CCCN(S(=O)(=O)c3ccc(Cl)cc3)C2)nc2c1nnn2Cc1ccccc1. The number of piperidine rings is 1. The number of halogens is 1. The van der Waals surface area contributed by atoms with Gasteiger partial charge >= 0.3 is 0 Å². The zero-order valence-electron chi connectivity index (χ0n) is 17.6. The van der Waals surface area contributed by atoms with Crippen molar-refractivity contribution >= 4 is 32.8 Å². The number of aromatic amines is 1. The highest BCUT2D eigenvalue weighted by Gasteiger charge is 2.32. The van der Waals surface area contributed by atoms with Crippen molar-refractivity contribution in [2.75, 3.05) is 13.1 Å². The van der Waals surface area contributed by atoms with E-state index in [0.29, 0.717) is 42.4 Å². The fourth-order valence-corrected chi connectivity index (χ4v) is 5.73. The number of hydrogen-bond acceptors (Lipinski definition) is 6. The molecule has 3 heterocycles. The van der Waals surface area contributed by atoms with Crippen molar-refractivity contribution in [2.24, 2.45) is 0 Å². The van der Waals surface area contributed by atoms with E-state index < -0.39 is 10.0 Å². The highest BCUT2D eigenvalue weighted by Crippen LogP contribution is 2.29. The van der Waals surface area contributed by atoms with Crippen molar-refractivity contribution in [2.45, 2.75) is 30.2 Å². The summed E-state index contributed by atoms with van der Waals surface area (Å²) >= 11 is 5.91. The first-order valence-corrected chi connectivity index (χ1v) is 12.4. The minimum absolute atomic E-state index is 0.163. The number of nitrogens with one attached hydrogen (secondary N) is 1. The largest absolute Gasteiger partial charge is 0.308 e. The van der Waals surface area contributed by atoms with Gasteiger partial charge in [0.1, 0.15) is 5.82 Å². The van der Waals surface area contributed by atoms with Crippen LogP contribution in [0.15, 0.2) is 64.3 Å². The van der Waals surface area contributed by atoms with Crippen molar-refractivity contribution in [3.05, 3.63) is 81.4 Å². The van der Waals surface area contributed by atoms with Crippen LogP contribution in [-0.4, -0.2) is 50.8 Å². The van der Waals surface area contributed by atoms with E-state index in [-0.39, 0.29) is 28.4 Å². The first-order chi connectivity index (χ1) is 15.9. The average molecular weight is 485 g/mol. The molecule has 33 heavy (non-hydrogen) atoms. The van der Waals surface area contributed by atoms with Crippen LogP contribution in [0, 0.1) is 0 Å². The maximum absolute atomic E-state index is 13.1. The first-order valence-electron chi connectivity index (χ1n) is 10.5. The number of H-pyrrole nitrogens is 1. The molecule has 0 unspecified atom stereocenters. The van der Waals surface area contributed by atoms with Crippen LogP contribution in [0.2, 0.25) is 5.02 Å². The summed E-state index contributed by atoms with van der Waals surface area (Å²) in [6, 6.07) is 15.8. The lowest BCUT2D eigenvalue weighted by molar-refractivity contribution is 0.309. The van der Waals surface area contributed by atoms with Gasteiger partial charge in [-0.1, -0.05) is 47.1 Å². The number of aromatic nitrogens is 5. The van der Waals surface area contributed by atoms with E-state index in [9.17, 15) is 13.2 Å². The molecule has 0 amide bonds. The quantitative estimate of drug-likeness (QED) is 0.466. The van der Waals surface area contributed by atoms with E-state index in [0.717, 1.165) is 5.56 Å². The minimum Gasteiger partial charge on any atom is -0.308 e. The number of fused-ring (bicyclic) bond motifs is 1. The predicted molar refractivity (Wildman–Crippen MR) is 124 cm³/mol. The molecule has 0 saturated carbocycles. The molecule has 1 saturated heterocycles. The Morgan fingerprint density at radius 3 is 2.61 bits per heavy atom. The van der Waals surface area contributed by atoms with Gasteiger partial charge in [-0.2, -0.15) is 4.31 Å². The van der Waals surface area contributed by atoms with Crippen LogP contribution in [0.25, 0.3) is 11.2 Å². The van der Waals surface area contributed by atoms with Crippen molar-refractivity contribution in [3.63, 3.8) is 0 Å². The second-order valence-corrected chi connectivity index (χ2v) is 10.4. The lowest BCUT2D eigenvalue weighted by atomic mass is 9.99. The van der Waals surface area contributed by atoms with Gasteiger partial charge < -0.3 is 4.98 Å². The summed E-state index contributed by atoms with van der Waals surface area (Å²) in [5.41, 5.74) is 1.17. The fourth-order valence-electron chi connectivity index (χ4n) is 4.08. The standard InChI is InChI=1S/C22H21ClN6O3S/c23-17-8-10-18(11-9-17)33(31,32)28-12-4-7-16(14-28)20-24-21-19(22(30)25-20)26-27-29(21)13-15-5-2-1-3-6-15/h1-3,5-6,8-11,16H,4,7,12-14H2,(H,24,25,30)/t16-/m0/s1. The van der Waals surface area contributed by atoms with Crippen LogP contribution >= 0.6 is 11.6 Å². The lowest BCUT2D eigenvalue weighted by Crippen LogP contribution is -2.39. The Hall–Kier alpha value is -3.08. The van der Waals surface area contributed by atoms with E-state index >= 15 is 0 Å². The number of sulfonamides is 1. The van der Waals surface area contributed by atoms with Crippen LogP contribution < -0.4 is 5.56 Å². The lowest BCUT2D eigenvalue weighted by Gasteiger charge is -2.31. The smallest absolute Gasteiger partial charge is 0.281 e. The molecule has 1 atom stereocenters. The molecule has 5 rings (SSSR count). The Morgan fingerprint density at radius 2 is 1.85 bits per heavy atom. The number of benzene rings is 2. The van der Waals surface area contributed by atoms with Gasteiger partial charge in [0.05, 0.1) is 11.4 Å². The van der Waals surface area contributed by atoms with Crippen LogP contribution in [0.3, 0.4) is 0 Å². The van der Waals surface area contributed by atoms with Gasteiger partial charge in [-0.3, -0.25) is 4.79 Å². The summed E-state index contributed by atoms with van der Waals surface area (Å²) in [6.45, 7) is 1.05. The topological polar surface area (TPSA) is 114 Å². The molecule has 0 bridgehead atoms. The van der Waals surface area contributed by atoms with E-state index in [1.165, 1.54) is 16.4 Å². The minimum atomic E-state index is -3.69. The third kappa shape index (κ3) is 4.29. The molecule has 1 N–H and O–H groups in total. The van der Waals surface area contributed by atoms with Gasteiger partial charge in [-0.15, -0.1) is 5.10 Å². The second-order valence-electron chi connectivity index (χ2n) is 8.01. The van der Waals surface area contributed by atoms with Gasteiger partial charge in [0.2, 0.25) is 10.0 Å². The Bertz CT molecular complexity index is 1450. The Morgan fingerprint density at radius 1 is 1.09 bits per heavy atom. The highest BCUT2D eigenvalue weighted by molar-refractivity contribution is 7.89. The zero-order valence-corrected chi connectivity index (χ0v) is 19.1. The average Bonchev–Trinajstić information content (AvgIpc) is 3.23. The van der Waals surface area contributed by atoms with E-state index in [1.54, 1.807) is 16.8 Å². The molecular formula is C22H21ClN6O3S. The van der Waals surface area contributed by atoms with Crippen molar-refractivity contribution in [1.29, 1.82) is 0 Å². The maximum atomic E-state index is 13.1. The summed E-state index contributed by atoms with van der Waals surface area (Å²) in [5, 5.41) is 8.57. The van der Waals surface area contributed by atoms with Gasteiger partial charge in [0.25, 0.3) is 5.56 Å². The monoisotopic (exact) mass is 484 g/mol. The van der Waals surface area contributed by atoms with Crippen LogP contribution in [0.4, 0.5) is 0 Å². The van der Waals surface area contributed by atoms with Crippen LogP contribution in [0.1, 0.15) is 30.1 Å². The molecule has 0 radical (unpaired) electrons.